The van der Waals surface area contributed by atoms with Crippen molar-refractivity contribution in [3.63, 3.8) is 0 Å². The topological polar surface area (TPSA) is 28.2 Å². The van der Waals surface area contributed by atoms with Crippen LogP contribution in [0.3, 0.4) is 0 Å². The lowest BCUT2D eigenvalue weighted by Crippen LogP contribution is -2.19. The highest BCUT2D eigenvalue weighted by molar-refractivity contribution is 5.48. The molecule has 0 spiro atoms. The number of rotatable bonds is 5. The van der Waals surface area contributed by atoms with E-state index in [4.69, 9.17) is 0 Å². The molecule has 1 aromatic carbocycles. The van der Waals surface area contributed by atoms with Crippen LogP contribution in [0.25, 0.3) is 0 Å². The molecule has 0 saturated carbocycles. The van der Waals surface area contributed by atoms with Crippen LogP contribution in [0.15, 0.2) is 48.8 Å². The van der Waals surface area contributed by atoms with Crippen molar-refractivity contribution < 1.29 is 0 Å². The molecule has 1 atom stereocenters. The SMILES string of the molecule is C[C@@H](NCc1ccc(N2CCCC2)cc1)c1cccnc1. The van der Waals surface area contributed by atoms with E-state index in [9.17, 15) is 0 Å². The monoisotopic (exact) mass is 281 g/mol. The van der Waals surface area contributed by atoms with Gasteiger partial charge in [0, 0.05) is 43.8 Å². The summed E-state index contributed by atoms with van der Waals surface area (Å²) in [6.07, 6.45) is 6.39. The zero-order chi connectivity index (χ0) is 14.5. The minimum Gasteiger partial charge on any atom is -0.372 e. The highest BCUT2D eigenvalue weighted by atomic mass is 15.1. The summed E-state index contributed by atoms with van der Waals surface area (Å²) in [7, 11) is 0. The van der Waals surface area contributed by atoms with Crippen molar-refractivity contribution in [2.45, 2.75) is 32.4 Å². The molecule has 0 amide bonds. The van der Waals surface area contributed by atoms with Crippen LogP contribution >= 0.6 is 0 Å². The van der Waals surface area contributed by atoms with E-state index in [0.717, 1.165) is 6.54 Å². The minimum atomic E-state index is 0.317. The van der Waals surface area contributed by atoms with Crippen LogP contribution in [0.2, 0.25) is 0 Å². The van der Waals surface area contributed by atoms with E-state index in [-0.39, 0.29) is 0 Å². The third-order valence-corrected chi connectivity index (χ3v) is 4.20. The summed E-state index contributed by atoms with van der Waals surface area (Å²) in [6, 6.07) is 13.4. The van der Waals surface area contributed by atoms with E-state index >= 15 is 0 Å². The van der Waals surface area contributed by atoms with E-state index in [0.29, 0.717) is 6.04 Å². The van der Waals surface area contributed by atoms with Gasteiger partial charge in [0.2, 0.25) is 0 Å². The fraction of sp³-hybridized carbons (Fsp3) is 0.389. The second-order valence-corrected chi connectivity index (χ2v) is 5.75. The van der Waals surface area contributed by atoms with Crippen LogP contribution in [0.1, 0.15) is 36.9 Å². The molecule has 0 bridgehead atoms. The maximum atomic E-state index is 4.17. The number of hydrogen-bond acceptors (Lipinski definition) is 3. The lowest BCUT2D eigenvalue weighted by Gasteiger charge is -2.18. The first kappa shape index (κ1) is 14.1. The molecule has 0 radical (unpaired) electrons. The molecule has 0 unspecified atom stereocenters. The van der Waals surface area contributed by atoms with Gasteiger partial charge in [-0.25, -0.2) is 0 Å². The summed E-state index contributed by atoms with van der Waals surface area (Å²) in [6.45, 7) is 5.47. The second-order valence-electron chi connectivity index (χ2n) is 5.75. The maximum absolute atomic E-state index is 4.17. The van der Waals surface area contributed by atoms with Gasteiger partial charge in [-0.2, -0.15) is 0 Å². The van der Waals surface area contributed by atoms with Crippen LogP contribution in [0.5, 0.6) is 0 Å². The molecule has 1 aliphatic rings. The van der Waals surface area contributed by atoms with Crippen LogP contribution < -0.4 is 10.2 Å². The fourth-order valence-electron chi connectivity index (χ4n) is 2.82. The van der Waals surface area contributed by atoms with Gasteiger partial charge in [-0.15, -0.1) is 0 Å². The molecule has 1 fully saturated rings. The summed E-state index contributed by atoms with van der Waals surface area (Å²) in [4.78, 5) is 6.64. The third kappa shape index (κ3) is 3.61. The molecule has 1 N–H and O–H groups in total. The molecule has 1 saturated heterocycles. The van der Waals surface area contributed by atoms with Gasteiger partial charge in [0.25, 0.3) is 0 Å². The predicted octanol–water partition coefficient (Wildman–Crippen LogP) is 3.53. The Balaban J connectivity index is 1.55. The Morgan fingerprint density at radius 3 is 2.57 bits per heavy atom. The first-order valence-corrected chi connectivity index (χ1v) is 7.80. The van der Waals surface area contributed by atoms with E-state index in [1.54, 1.807) is 0 Å². The Morgan fingerprint density at radius 1 is 1.14 bits per heavy atom. The molecule has 3 nitrogen and oxygen atoms in total. The molecule has 3 rings (SSSR count). The maximum Gasteiger partial charge on any atom is 0.0366 e. The Labute approximate surface area is 127 Å². The van der Waals surface area contributed by atoms with Crippen molar-refractivity contribution in [1.82, 2.24) is 10.3 Å². The van der Waals surface area contributed by atoms with Gasteiger partial charge >= 0.3 is 0 Å². The second kappa shape index (κ2) is 6.72. The number of anilines is 1. The van der Waals surface area contributed by atoms with Crippen molar-refractivity contribution in [3.05, 3.63) is 59.9 Å². The molecule has 110 valence electrons. The van der Waals surface area contributed by atoms with Crippen LogP contribution in [-0.4, -0.2) is 18.1 Å². The lowest BCUT2D eigenvalue weighted by molar-refractivity contribution is 0.573. The normalized spacial score (nSPS) is 16.1. The van der Waals surface area contributed by atoms with Crippen LogP contribution in [0, 0.1) is 0 Å². The van der Waals surface area contributed by atoms with Gasteiger partial charge in [-0.1, -0.05) is 18.2 Å². The predicted molar refractivity (Wildman–Crippen MR) is 87.4 cm³/mol. The summed E-state index contributed by atoms with van der Waals surface area (Å²) in [5.41, 5.74) is 3.91. The standard InChI is InChI=1S/C18H23N3/c1-15(17-5-4-10-19-14-17)20-13-16-6-8-18(9-7-16)21-11-2-3-12-21/h4-10,14-15,20H,2-3,11-13H2,1H3/t15-/m1/s1. The van der Waals surface area contributed by atoms with E-state index in [1.807, 2.05) is 18.5 Å². The summed E-state index contributed by atoms with van der Waals surface area (Å²) in [5, 5.41) is 3.55. The summed E-state index contributed by atoms with van der Waals surface area (Å²) in [5.74, 6) is 0. The average Bonchev–Trinajstić information content (AvgIpc) is 3.08. The molecule has 21 heavy (non-hydrogen) atoms. The number of nitrogens with zero attached hydrogens (tertiary/aromatic N) is 2. The van der Waals surface area contributed by atoms with Crippen LogP contribution in [-0.2, 0) is 6.54 Å². The van der Waals surface area contributed by atoms with Crippen molar-refractivity contribution in [3.8, 4) is 0 Å². The molecular weight excluding hydrogens is 258 g/mol. The summed E-state index contributed by atoms with van der Waals surface area (Å²) < 4.78 is 0. The van der Waals surface area contributed by atoms with Crippen molar-refractivity contribution in [2.75, 3.05) is 18.0 Å². The van der Waals surface area contributed by atoms with Gasteiger partial charge in [0.1, 0.15) is 0 Å². The van der Waals surface area contributed by atoms with Crippen LogP contribution in [0.4, 0.5) is 5.69 Å². The number of pyridine rings is 1. The van der Waals surface area contributed by atoms with Crippen molar-refractivity contribution >= 4 is 5.69 Å². The highest BCUT2D eigenvalue weighted by Crippen LogP contribution is 2.20. The molecule has 2 aromatic rings. The fourth-order valence-corrected chi connectivity index (χ4v) is 2.82. The Kier molecular flexibility index (Phi) is 4.51. The highest BCUT2D eigenvalue weighted by Gasteiger charge is 2.11. The first-order valence-electron chi connectivity index (χ1n) is 7.80. The smallest absolute Gasteiger partial charge is 0.0366 e. The largest absolute Gasteiger partial charge is 0.372 e. The number of hydrogen-bond donors (Lipinski definition) is 1. The average molecular weight is 281 g/mol. The number of nitrogens with one attached hydrogen (secondary N) is 1. The van der Waals surface area contributed by atoms with E-state index in [2.05, 4.69) is 52.5 Å². The summed E-state index contributed by atoms with van der Waals surface area (Å²) >= 11 is 0. The van der Waals surface area contributed by atoms with Crippen molar-refractivity contribution in [2.24, 2.45) is 0 Å². The van der Waals surface area contributed by atoms with Gasteiger partial charge in [-0.05, 0) is 49.1 Å². The molecule has 1 aromatic heterocycles. The Hall–Kier alpha value is -1.87. The minimum absolute atomic E-state index is 0.317. The number of benzene rings is 1. The molecule has 0 aliphatic carbocycles. The van der Waals surface area contributed by atoms with E-state index < -0.39 is 0 Å². The van der Waals surface area contributed by atoms with Gasteiger partial charge in [0.15, 0.2) is 0 Å². The molecule has 1 aliphatic heterocycles. The molecular formula is C18H23N3. The van der Waals surface area contributed by atoms with Crippen molar-refractivity contribution in [1.29, 1.82) is 0 Å². The Bertz CT molecular complexity index is 544. The first-order chi connectivity index (χ1) is 10.3. The van der Waals surface area contributed by atoms with Gasteiger partial charge in [0.05, 0.1) is 0 Å². The number of aromatic nitrogens is 1. The van der Waals surface area contributed by atoms with Gasteiger partial charge < -0.3 is 10.2 Å². The molecule has 3 heteroatoms. The Morgan fingerprint density at radius 2 is 1.90 bits per heavy atom. The quantitative estimate of drug-likeness (QED) is 0.908. The third-order valence-electron chi connectivity index (χ3n) is 4.20. The zero-order valence-corrected chi connectivity index (χ0v) is 12.6. The van der Waals surface area contributed by atoms with Gasteiger partial charge in [-0.3, -0.25) is 4.98 Å². The zero-order valence-electron chi connectivity index (χ0n) is 12.6. The lowest BCUT2D eigenvalue weighted by atomic mass is 10.1. The van der Waals surface area contributed by atoms with E-state index in [1.165, 1.54) is 42.7 Å². The molecule has 2 heterocycles.